The monoisotopic (exact) mass is 261 g/mol. The maximum atomic E-state index is 12.1. The van der Waals surface area contributed by atoms with Crippen molar-refractivity contribution in [2.45, 2.75) is 38.9 Å². The summed E-state index contributed by atoms with van der Waals surface area (Å²) >= 11 is 0. The third kappa shape index (κ3) is 2.65. The van der Waals surface area contributed by atoms with Gasteiger partial charge in [0.1, 0.15) is 6.42 Å². The molecule has 100 valence electrons. The van der Waals surface area contributed by atoms with Crippen LogP contribution in [0.4, 0.5) is 13.2 Å². The third-order valence-electron chi connectivity index (χ3n) is 3.06. The number of halogens is 3. The van der Waals surface area contributed by atoms with Crippen molar-refractivity contribution in [3.8, 4) is 0 Å². The van der Waals surface area contributed by atoms with Gasteiger partial charge in [0, 0.05) is 6.54 Å². The number of aryl methyl sites for hydroxylation is 1. The molecule has 2 rings (SSSR count). The minimum absolute atomic E-state index is 0.192. The first-order valence-corrected chi connectivity index (χ1v) is 5.80. The van der Waals surface area contributed by atoms with Crippen LogP contribution >= 0.6 is 0 Å². The second kappa shape index (κ2) is 4.62. The molecule has 1 aromatic rings. The lowest BCUT2D eigenvalue weighted by atomic mass is 10.0. The van der Waals surface area contributed by atoms with Crippen molar-refractivity contribution in [1.82, 2.24) is 15.1 Å². The molecule has 0 aliphatic carbocycles. The predicted octanol–water partition coefficient (Wildman–Crippen LogP) is 1.81. The summed E-state index contributed by atoms with van der Waals surface area (Å²) in [6, 6.07) is 0. The molecule has 18 heavy (non-hydrogen) atoms. The second-order valence-electron chi connectivity index (χ2n) is 4.34. The lowest BCUT2D eigenvalue weighted by Crippen LogP contribution is -2.38. The van der Waals surface area contributed by atoms with Crippen molar-refractivity contribution in [3.05, 3.63) is 17.0 Å². The molecule has 1 aliphatic heterocycles. The normalized spacial score (nSPS) is 15.7. The zero-order chi connectivity index (χ0) is 13.3. The molecule has 0 radical (unpaired) electrons. The molecule has 0 aromatic carbocycles. The standard InChI is InChI=1S/C11H14F3N3O/c1-2-8-7-3-4-17(6-9(7)16-15-8)10(18)5-11(12,13)14/h2-6H2,1H3,(H,15,16). The lowest BCUT2D eigenvalue weighted by molar-refractivity contribution is -0.162. The minimum Gasteiger partial charge on any atom is -0.336 e. The van der Waals surface area contributed by atoms with Gasteiger partial charge in [0.25, 0.3) is 0 Å². The molecule has 4 nitrogen and oxygen atoms in total. The first-order valence-electron chi connectivity index (χ1n) is 5.80. The van der Waals surface area contributed by atoms with Gasteiger partial charge >= 0.3 is 6.18 Å². The van der Waals surface area contributed by atoms with Crippen LogP contribution in [-0.4, -0.2) is 33.7 Å². The summed E-state index contributed by atoms with van der Waals surface area (Å²) in [4.78, 5) is 12.7. The zero-order valence-corrected chi connectivity index (χ0v) is 9.97. The summed E-state index contributed by atoms with van der Waals surface area (Å²) < 4.78 is 36.4. The molecule has 0 saturated heterocycles. The Hall–Kier alpha value is -1.53. The minimum atomic E-state index is -4.44. The molecule has 0 bridgehead atoms. The van der Waals surface area contributed by atoms with E-state index in [1.165, 1.54) is 4.90 Å². The van der Waals surface area contributed by atoms with E-state index in [0.717, 1.165) is 23.4 Å². The molecule has 0 fully saturated rings. The highest BCUT2D eigenvalue weighted by Crippen LogP contribution is 2.25. The van der Waals surface area contributed by atoms with Gasteiger partial charge in [-0.15, -0.1) is 0 Å². The highest BCUT2D eigenvalue weighted by atomic mass is 19.4. The van der Waals surface area contributed by atoms with Crippen molar-refractivity contribution in [2.24, 2.45) is 0 Å². The number of amides is 1. The number of alkyl halides is 3. The number of hydrogen-bond donors (Lipinski definition) is 1. The number of aromatic amines is 1. The largest absolute Gasteiger partial charge is 0.397 e. The molecular weight excluding hydrogens is 247 g/mol. The summed E-state index contributed by atoms with van der Waals surface area (Å²) in [5, 5.41) is 6.90. The van der Waals surface area contributed by atoms with Crippen molar-refractivity contribution >= 4 is 5.91 Å². The number of carbonyl (C=O) groups excluding carboxylic acids is 1. The zero-order valence-electron chi connectivity index (χ0n) is 9.97. The number of aromatic nitrogens is 2. The van der Waals surface area contributed by atoms with E-state index in [0.29, 0.717) is 13.0 Å². The fourth-order valence-electron chi connectivity index (χ4n) is 2.18. The average Bonchev–Trinajstić information content (AvgIpc) is 2.68. The van der Waals surface area contributed by atoms with Gasteiger partial charge in [-0.05, 0) is 18.4 Å². The van der Waals surface area contributed by atoms with E-state index in [9.17, 15) is 18.0 Å². The number of fused-ring (bicyclic) bond motifs is 1. The SMILES string of the molecule is CCc1n[nH]c2c1CCN(C(=O)CC(F)(F)F)C2. The highest BCUT2D eigenvalue weighted by Gasteiger charge is 2.35. The highest BCUT2D eigenvalue weighted by molar-refractivity contribution is 5.77. The summed E-state index contributed by atoms with van der Waals surface area (Å²) in [7, 11) is 0. The van der Waals surface area contributed by atoms with Crippen LogP contribution in [0.5, 0.6) is 0 Å². The van der Waals surface area contributed by atoms with Gasteiger partial charge in [-0.3, -0.25) is 9.89 Å². The Morgan fingerprint density at radius 3 is 2.83 bits per heavy atom. The summed E-state index contributed by atoms with van der Waals surface area (Å²) in [6.45, 7) is 2.49. The summed E-state index contributed by atoms with van der Waals surface area (Å²) in [6.07, 6.45) is -4.49. The third-order valence-corrected chi connectivity index (χ3v) is 3.06. The molecule has 0 saturated carbocycles. The van der Waals surface area contributed by atoms with Crippen molar-refractivity contribution in [3.63, 3.8) is 0 Å². The molecule has 1 amide bonds. The van der Waals surface area contributed by atoms with Crippen molar-refractivity contribution in [1.29, 1.82) is 0 Å². The molecule has 0 atom stereocenters. The van der Waals surface area contributed by atoms with E-state index in [2.05, 4.69) is 10.2 Å². The first-order chi connectivity index (χ1) is 8.40. The summed E-state index contributed by atoms with van der Waals surface area (Å²) in [5.74, 6) is -0.874. The Balaban J connectivity index is 2.06. The van der Waals surface area contributed by atoms with Gasteiger partial charge in [-0.1, -0.05) is 6.92 Å². The van der Waals surface area contributed by atoms with E-state index in [-0.39, 0.29) is 6.54 Å². The van der Waals surface area contributed by atoms with Crippen molar-refractivity contribution in [2.75, 3.05) is 6.54 Å². The van der Waals surface area contributed by atoms with E-state index < -0.39 is 18.5 Å². The van der Waals surface area contributed by atoms with Crippen LogP contribution in [0.25, 0.3) is 0 Å². The molecule has 0 spiro atoms. The average molecular weight is 261 g/mol. The molecule has 1 N–H and O–H groups in total. The number of nitrogens with zero attached hydrogens (tertiary/aromatic N) is 2. The van der Waals surface area contributed by atoms with E-state index >= 15 is 0 Å². The Morgan fingerprint density at radius 1 is 1.50 bits per heavy atom. The second-order valence-corrected chi connectivity index (χ2v) is 4.34. The van der Waals surface area contributed by atoms with Crippen molar-refractivity contribution < 1.29 is 18.0 Å². The molecular formula is C11H14F3N3O. The van der Waals surface area contributed by atoms with Crippen LogP contribution in [0.15, 0.2) is 0 Å². The predicted molar refractivity (Wildman–Crippen MR) is 57.8 cm³/mol. The summed E-state index contributed by atoms with van der Waals surface area (Å²) in [5.41, 5.74) is 2.75. The molecule has 0 unspecified atom stereocenters. The Bertz CT molecular complexity index is 453. The van der Waals surface area contributed by atoms with Gasteiger partial charge in [-0.25, -0.2) is 0 Å². The van der Waals surface area contributed by atoms with Gasteiger partial charge in [0.15, 0.2) is 0 Å². The van der Waals surface area contributed by atoms with Gasteiger partial charge in [-0.2, -0.15) is 18.3 Å². The Morgan fingerprint density at radius 2 is 2.22 bits per heavy atom. The Labute approximate surface area is 102 Å². The first kappa shape index (κ1) is 12.9. The van der Waals surface area contributed by atoms with Gasteiger partial charge < -0.3 is 4.90 Å². The quantitative estimate of drug-likeness (QED) is 0.882. The molecule has 1 aromatic heterocycles. The maximum absolute atomic E-state index is 12.1. The Kier molecular flexibility index (Phi) is 3.32. The van der Waals surface area contributed by atoms with Crippen LogP contribution in [-0.2, 0) is 24.2 Å². The van der Waals surface area contributed by atoms with Crippen LogP contribution in [0.2, 0.25) is 0 Å². The van der Waals surface area contributed by atoms with E-state index in [1.807, 2.05) is 6.92 Å². The van der Waals surface area contributed by atoms with E-state index in [1.54, 1.807) is 0 Å². The number of hydrogen-bond acceptors (Lipinski definition) is 2. The number of rotatable bonds is 2. The van der Waals surface area contributed by atoms with Crippen LogP contribution in [0, 0.1) is 0 Å². The smallest absolute Gasteiger partial charge is 0.336 e. The molecule has 2 heterocycles. The number of carbonyl (C=O) groups is 1. The fourth-order valence-corrected chi connectivity index (χ4v) is 2.18. The number of H-pyrrole nitrogens is 1. The molecule has 1 aliphatic rings. The lowest BCUT2D eigenvalue weighted by Gasteiger charge is -2.27. The van der Waals surface area contributed by atoms with Crippen LogP contribution in [0.3, 0.4) is 0 Å². The van der Waals surface area contributed by atoms with Gasteiger partial charge in [0.2, 0.25) is 5.91 Å². The van der Waals surface area contributed by atoms with Gasteiger partial charge in [0.05, 0.1) is 17.9 Å². The van der Waals surface area contributed by atoms with E-state index in [4.69, 9.17) is 0 Å². The topological polar surface area (TPSA) is 49.0 Å². The fraction of sp³-hybridized carbons (Fsp3) is 0.636. The van der Waals surface area contributed by atoms with Crippen LogP contribution < -0.4 is 0 Å². The number of nitrogens with one attached hydrogen (secondary N) is 1. The molecule has 7 heteroatoms. The van der Waals surface area contributed by atoms with Crippen LogP contribution in [0.1, 0.15) is 30.3 Å². The maximum Gasteiger partial charge on any atom is 0.397 e.